The van der Waals surface area contributed by atoms with Crippen molar-refractivity contribution in [2.45, 2.75) is 13.0 Å². The van der Waals surface area contributed by atoms with E-state index in [9.17, 15) is 17.2 Å². The maximum Gasteiger partial charge on any atom is 0.214 e. The lowest BCUT2D eigenvalue weighted by molar-refractivity contribution is 0.182. The van der Waals surface area contributed by atoms with Gasteiger partial charge in [-0.05, 0) is 18.6 Å². The van der Waals surface area contributed by atoms with Crippen LogP contribution in [0, 0.1) is 24.5 Å². The van der Waals surface area contributed by atoms with E-state index in [0.29, 0.717) is 0 Å². The molecule has 26 heavy (non-hydrogen) atoms. The number of aryl methyl sites for hydroxylation is 1. The van der Waals surface area contributed by atoms with Gasteiger partial charge < -0.3 is 9.30 Å². The highest BCUT2D eigenvalue weighted by Crippen LogP contribution is 2.33. The molecule has 0 aliphatic carbocycles. The van der Waals surface area contributed by atoms with E-state index in [1.54, 1.807) is 10.8 Å². The van der Waals surface area contributed by atoms with E-state index >= 15 is 0 Å². The Balaban J connectivity index is 1.97. The first-order valence-corrected chi connectivity index (χ1v) is 9.79. The number of ether oxygens (including phenoxy) is 1. The minimum absolute atomic E-state index is 0.0409. The molecule has 1 aliphatic rings. The van der Waals surface area contributed by atoms with Crippen molar-refractivity contribution in [2.24, 2.45) is 5.92 Å². The van der Waals surface area contributed by atoms with Crippen LogP contribution in [0.2, 0.25) is 0 Å². The third-order valence-corrected chi connectivity index (χ3v) is 6.65. The second-order valence-corrected chi connectivity index (χ2v) is 8.87. The smallest absolute Gasteiger partial charge is 0.214 e. The number of rotatable bonds is 5. The zero-order valence-corrected chi connectivity index (χ0v) is 15.6. The summed E-state index contributed by atoms with van der Waals surface area (Å²) in [5.74, 6) is -2.02. The van der Waals surface area contributed by atoms with Crippen LogP contribution < -0.4 is 0 Å². The highest BCUT2D eigenvalue weighted by Gasteiger charge is 2.35. The average molecular weight is 385 g/mol. The molecule has 2 aromatic rings. The van der Waals surface area contributed by atoms with Gasteiger partial charge in [0, 0.05) is 32.4 Å². The fraction of sp³-hybridized carbons (Fsp3) is 0.471. The van der Waals surface area contributed by atoms with Crippen LogP contribution in [0.15, 0.2) is 24.5 Å². The summed E-state index contributed by atoms with van der Waals surface area (Å²) in [6, 6.07) is 2.64. The van der Waals surface area contributed by atoms with Gasteiger partial charge in [-0.3, -0.25) is 0 Å². The highest BCUT2D eigenvalue weighted by atomic mass is 32.2. The van der Waals surface area contributed by atoms with Crippen molar-refractivity contribution >= 4 is 10.0 Å². The van der Waals surface area contributed by atoms with Gasteiger partial charge in [-0.25, -0.2) is 26.5 Å². The van der Waals surface area contributed by atoms with Gasteiger partial charge in [-0.15, -0.1) is 0 Å². The Bertz CT molecular complexity index is 912. The predicted molar refractivity (Wildman–Crippen MR) is 93.1 cm³/mol. The molecule has 9 heteroatoms. The number of hydrogen-bond donors (Lipinski definition) is 0. The van der Waals surface area contributed by atoms with Gasteiger partial charge in [0.05, 0.1) is 30.6 Å². The van der Waals surface area contributed by atoms with Gasteiger partial charge >= 0.3 is 0 Å². The van der Waals surface area contributed by atoms with E-state index in [2.05, 4.69) is 4.98 Å². The summed E-state index contributed by atoms with van der Waals surface area (Å²) in [6.07, 6.45) is 3.13. The molecule has 2 heterocycles. The molecule has 1 fully saturated rings. The number of sulfonamides is 1. The first-order valence-electron chi connectivity index (χ1n) is 8.18. The SMILES string of the molecule is Cc1ccc(-c2nccn2[C@@H]2COC[C@H]2CS(=O)(=O)N(C)C)c(F)c1F. The maximum atomic E-state index is 14.4. The molecule has 0 saturated carbocycles. The van der Waals surface area contributed by atoms with Gasteiger partial charge in [-0.2, -0.15) is 0 Å². The first kappa shape index (κ1) is 18.9. The van der Waals surface area contributed by atoms with E-state index in [0.717, 1.165) is 0 Å². The molecule has 1 saturated heterocycles. The maximum absolute atomic E-state index is 14.4. The summed E-state index contributed by atoms with van der Waals surface area (Å²) >= 11 is 0. The largest absolute Gasteiger partial charge is 0.379 e. The number of benzene rings is 1. The molecule has 142 valence electrons. The Labute approximate surface area is 151 Å². The third kappa shape index (κ3) is 3.38. The topological polar surface area (TPSA) is 64.4 Å². The Morgan fingerprint density at radius 1 is 1.27 bits per heavy atom. The van der Waals surface area contributed by atoms with E-state index in [-0.39, 0.29) is 47.9 Å². The molecule has 0 spiro atoms. The van der Waals surface area contributed by atoms with Gasteiger partial charge in [0.1, 0.15) is 5.82 Å². The summed E-state index contributed by atoms with van der Waals surface area (Å²) in [5, 5.41) is 0. The molecule has 3 rings (SSSR count). The molecule has 6 nitrogen and oxygen atoms in total. The van der Waals surface area contributed by atoms with E-state index < -0.39 is 21.7 Å². The second kappa shape index (κ2) is 7.05. The van der Waals surface area contributed by atoms with Crippen LogP contribution in [0.1, 0.15) is 11.6 Å². The summed E-state index contributed by atoms with van der Waals surface area (Å²) in [6.45, 7) is 2.05. The van der Waals surface area contributed by atoms with E-state index in [4.69, 9.17) is 4.74 Å². The highest BCUT2D eigenvalue weighted by molar-refractivity contribution is 7.89. The lowest BCUT2D eigenvalue weighted by Crippen LogP contribution is -2.32. The molecule has 0 radical (unpaired) electrons. The summed E-state index contributed by atoms with van der Waals surface area (Å²) in [4.78, 5) is 4.17. The van der Waals surface area contributed by atoms with Crippen LogP contribution in [0.25, 0.3) is 11.4 Å². The second-order valence-electron chi connectivity index (χ2n) is 6.64. The fourth-order valence-electron chi connectivity index (χ4n) is 3.08. The molecule has 1 aromatic heterocycles. The standard InChI is InChI=1S/C17H21F2N3O3S/c1-11-4-5-13(16(19)15(11)18)17-20-6-7-22(17)14-9-25-8-12(14)10-26(23,24)21(2)3/h4-7,12,14H,8-10H2,1-3H3/t12-,14+/m0/s1. The Hall–Kier alpha value is -1.84. The van der Waals surface area contributed by atoms with Crippen molar-refractivity contribution in [3.8, 4) is 11.4 Å². The molecule has 1 aromatic carbocycles. The van der Waals surface area contributed by atoms with Crippen LogP contribution in [-0.4, -0.2) is 55.3 Å². The first-order chi connectivity index (χ1) is 12.2. The van der Waals surface area contributed by atoms with Gasteiger partial charge in [0.2, 0.25) is 10.0 Å². The normalized spacial score (nSPS) is 20.8. The fourth-order valence-corrected chi connectivity index (χ4v) is 4.24. The van der Waals surface area contributed by atoms with Crippen molar-refractivity contribution in [1.29, 1.82) is 0 Å². The number of aromatic nitrogens is 2. The van der Waals surface area contributed by atoms with Gasteiger partial charge in [0.15, 0.2) is 11.6 Å². The van der Waals surface area contributed by atoms with Crippen molar-refractivity contribution in [3.63, 3.8) is 0 Å². The van der Waals surface area contributed by atoms with Crippen molar-refractivity contribution < 1.29 is 21.9 Å². The zero-order chi connectivity index (χ0) is 19.1. The van der Waals surface area contributed by atoms with Crippen LogP contribution in [0.5, 0.6) is 0 Å². The lowest BCUT2D eigenvalue weighted by atomic mass is 10.0. The molecule has 1 aliphatic heterocycles. The van der Waals surface area contributed by atoms with Crippen LogP contribution in [0.4, 0.5) is 8.78 Å². The lowest BCUT2D eigenvalue weighted by Gasteiger charge is -2.22. The Morgan fingerprint density at radius 3 is 2.69 bits per heavy atom. The monoisotopic (exact) mass is 385 g/mol. The summed E-state index contributed by atoms with van der Waals surface area (Å²) in [5.41, 5.74) is 0.253. The van der Waals surface area contributed by atoms with Crippen molar-refractivity contribution in [1.82, 2.24) is 13.9 Å². The molecule has 0 unspecified atom stereocenters. The van der Waals surface area contributed by atoms with Gasteiger partial charge in [-0.1, -0.05) is 6.07 Å². The van der Waals surface area contributed by atoms with Crippen LogP contribution in [-0.2, 0) is 14.8 Å². The van der Waals surface area contributed by atoms with Crippen molar-refractivity contribution in [3.05, 3.63) is 41.7 Å². The number of hydrogen-bond acceptors (Lipinski definition) is 4. The molecular formula is C17H21F2N3O3S. The molecule has 0 amide bonds. The third-order valence-electron chi connectivity index (χ3n) is 4.69. The molecule has 0 bridgehead atoms. The number of nitrogens with zero attached hydrogens (tertiary/aromatic N) is 3. The van der Waals surface area contributed by atoms with Crippen LogP contribution in [0.3, 0.4) is 0 Å². The van der Waals surface area contributed by atoms with E-state index in [1.165, 1.54) is 43.7 Å². The summed E-state index contributed by atoms with van der Waals surface area (Å²) < 4.78 is 61.2. The Morgan fingerprint density at radius 2 is 2.00 bits per heavy atom. The minimum Gasteiger partial charge on any atom is -0.379 e. The molecule has 2 atom stereocenters. The zero-order valence-electron chi connectivity index (χ0n) is 14.8. The Kier molecular flexibility index (Phi) is 5.14. The quantitative estimate of drug-likeness (QED) is 0.792. The number of imidazole rings is 1. The van der Waals surface area contributed by atoms with Crippen LogP contribution >= 0.6 is 0 Å². The van der Waals surface area contributed by atoms with Gasteiger partial charge in [0.25, 0.3) is 0 Å². The minimum atomic E-state index is -3.42. The average Bonchev–Trinajstić information content (AvgIpc) is 3.21. The van der Waals surface area contributed by atoms with E-state index in [1.807, 2.05) is 0 Å². The number of halogens is 2. The molecular weight excluding hydrogens is 364 g/mol. The molecule has 0 N–H and O–H groups in total. The van der Waals surface area contributed by atoms with Crippen molar-refractivity contribution in [2.75, 3.05) is 33.1 Å². The predicted octanol–water partition coefficient (Wildman–Crippen LogP) is 2.22. The summed E-state index contributed by atoms with van der Waals surface area (Å²) in [7, 11) is -0.459.